The molecule has 0 N–H and O–H groups in total. The summed E-state index contributed by atoms with van der Waals surface area (Å²) in [5, 5.41) is -0.345. The van der Waals surface area contributed by atoms with Crippen LogP contribution in [0, 0.1) is 5.82 Å². The molecule has 4 nitrogen and oxygen atoms in total. The minimum Gasteiger partial charge on any atom is -0.493 e. The van der Waals surface area contributed by atoms with Crippen molar-refractivity contribution in [2.24, 2.45) is 0 Å². The van der Waals surface area contributed by atoms with Crippen LogP contribution >= 0.6 is 22.3 Å². The van der Waals surface area contributed by atoms with Crippen molar-refractivity contribution in [3.8, 4) is 11.5 Å². The van der Waals surface area contributed by atoms with Crippen molar-refractivity contribution in [2.75, 3.05) is 14.2 Å². The highest BCUT2D eigenvalue weighted by molar-refractivity contribution is 8.13. The number of benzene rings is 1. The van der Waals surface area contributed by atoms with E-state index in [0.29, 0.717) is 0 Å². The smallest absolute Gasteiger partial charge is 0.236 e. The lowest BCUT2D eigenvalue weighted by atomic mass is 10.2. The number of hydrogen-bond acceptors (Lipinski definition) is 4. The van der Waals surface area contributed by atoms with Gasteiger partial charge < -0.3 is 9.47 Å². The molecule has 0 unspecified atom stereocenters. The van der Waals surface area contributed by atoms with E-state index < -0.39 is 20.6 Å². The van der Waals surface area contributed by atoms with Gasteiger partial charge >= 0.3 is 0 Å². The molecule has 0 aromatic heterocycles. The molecule has 0 amide bonds. The highest BCUT2D eigenvalue weighted by Gasteiger charge is 2.21. The molecule has 96 valence electrons. The molecular weight excluding hydrogens is 294 g/mol. The summed E-state index contributed by atoms with van der Waals surface area (Å²) in [6.45, 7) is 0. The summed E-state index contributed by atoms with van der Waals surface area (Å²) in [7, 11) is 3.79. The van der Waals surface area contributed by atoms with Crippen LogP contribution in [0.3, 0.4) is 0 Å². The fraction of sp³-hybridized carbons (Fsp3) is 0.333. The molecule has 0 radical (unpaired) electrons. The number of hydrogen-bond donors (Lipinski definition) is 0. The van der Waals surface area contributed by atoms with Gasteiger partial charge in [0.15, 0.2) is 11.5 Å². The monoisotopic (exact) mass is 302 g/mol. The molecule has 0 bridgehead atoms. The van der Waals surface area contributed by atoms with Crippen LogP contribution in [0.2, 0.25) is 5.02 Å². The molecule has 0 fully saturated rings. The largest absolute Gasteiger partial charge is 0.493 e. The maximum atomic E-state index is 13.7. The second kappa shape index (κ2) is 5.29. The Balaban J connectivity index is 3.39. The lowest BCUT2D eigenvalue weighted by Gasteiger charge is -2.12. The van der Waals surface area contributed by atoms with Crippen LogP contribution in [0.4, 0.5) is 4.39 Å². The lowest BCUT2D eigenvalue weighted by molar-refractivity contribution is 0.352. The van der Waals surface area contributed by atoms with E-state index in [0.717, 1.165) is 0 Å². The summed E-state index contributed by atoms with van der Waals surface area (Å²) < 4.78 is 45.3. The molecule has 1 rings (SSSR count). The van der Waals surface area contributed by atoms with E-state index in [1.165, 1.54) is 20.3 Å². The van der Waals surface area contributed by atoms with Gasteiger partial charge in [0.2, 0.25) is 9.05 Å². The van der Waals surface area contributed by atoms with Gasteiger partial charge in [-0.2, -0.15) is 0 Å². The third-order valence-corrected chi connectivity index (χ3v) is 3.28. The Morgan fingerprint density at radius 1 is 1.35 bits per heavy atom. The van der Waals surface area contributed by atoms with E-state index in [9.17, 15) is 12.8 Å². The normalized spacial score (nSPS) is 11.4. The average molecular weight is 303 g/mol. The SMILES string of the molecule is COc1cc(CS(=O)(=O)Cl)c(F)c(Cl)c1OC. The highest BCUT2D eigenvalue weighted by atomic mass is 35.7. The van der Waals surface area contributed by atoms with Gasteiger partial charge in [-0.15, -0.1) is 0 Å². The molecular formula is C9H9Cl2FO4S. The zero-order valence-corrected chi connectivity index (χ0v) is 11.3. The first-order valence-corrected chi connectivity index (χ1v) is 7.17. The first kappa shape index (κ1) is 14.3. The molecule has 0 saturated heterocycles. The summed E-state index contributed by atoms with van der Waals surface area (Å²) in [6.07, 6.45) is 0. The zero-order valence-electron chi connectivity index (χ0n) is 8.96. The molecule has 0 spiro atoms. The predicted molar refractivity (Wildman–Crippen MR) is 63.0 cm³/mol. The van der Waals surface area contributed by atoms with Gasteiger partial charge in [-0.05, 0) is 6.07 Å². The highest BCUT2D eigenvalue weighted by Crippen LogP contribution is 2.39. The topological polar surface area (TPSA) is 52.6 Å². The summed E-state index contributed by atoms with van der Waals surface area (Å²) in [4.78, 5) is 0. The van der Waals surface area contributed by atoms with Crippen molar-refractivity contribution in [3.05, 3.63) is 22.5 Å². The van der Waals surface area contributed by atoms with E-state index in [1.54, 1.807) is 0 Å². The van der Waals surface area contributed by atoms with Crippen LogP contribution in [0.1, 0.15) is 5.56 Å². The second-order valence-corrected chi connectivity index (χ2v) is 6.24. The summed E-state index contributed by atoms with van der Waals surface area (Å²) in [5.41, 5.74) is -0.178. The Hall–Kier alpha value is -0.720. The molecule has 8 heteroatoms. The number of ether oxygens (including phenoxy) is 2. The Kier molecular flexibility index (Phi) is 4.46. The van der Waals surface area contributed by atoms with Crippen LogP contribution in [0.15, 0.2) is 6.07 Å². The van der Waals surface area contributed by atoms with Gasteiger partial charge in [-0.25, -0.2) is 12.8 Å². The third-order valence-electron chi connectivity index (χ3n) is 1.96. The molecule has 1 aromatic rings. The second-order valence-electron chi connectivity index (χ2n) is 3.08. The van der Waals surface area contributed by atoms with Gasteiger partial charge in [0.05, 0.1) is 20.0 Å². The van der Waals surface area contributed by atoms with Crippen LogP contribution in [0.25, 0.3) is 0 Å². The standard InChI is InChI=1S/C9H9Cl2FO4S/c1-15-6-3-5(4-17(11,13)14)8(12)7(10)9(6)16-2/h3H,4H2,1-2H3. The van der Waals surface area contributed by atoms with Crippen molar-refractivity contribution < 1.29 is 22.3 Å². The van der Waals surface area contributed by atoms with Gasteiger partial charge in [0.1, 0.15) is 10.8 Å². The fourth-order valence-corrected chi connectivity index (χ4v) is 2.49. The molecule has 0 heterocycles. The molecule has 17 heavy (non-hydrogen) atoms. The first-order chi connectivity index (χ1) is 7.80. The van der Waals surface area contributed by atoms with E-state index in [4.69, 9.17) is 31.8 Å². The quantitative estimate of drug-likeness (QED) is 0.802. The zero-order chi connectivity index (χ0) is 13.2. The van der Waals surface area contributed by atoms with Crippen molar-refractivity contribution in [3.63, 3.8) is 0 Å². The van der Waals surface area contributed by atoms with Crippen LogP contribution < -0.4 is 9.47 Å². The van der Waals surface area contributed by atoms with E-state index in [-0.39, 0.29) is 22.1 Å². The van der Waals surface area contributed by atoms with E-state index in [2.05, 4.69) is 0 Å². The number of halogens is 3. The fourth-order valence-electron chi connectivity index (χ4n) is 1.27. The molecule has 0 aliphatic rings. The number of rotatable bonds is 4. The lowest BCUT2D eigenvalue weighted by Crippen LogP contribution is -2.02. The van der Waals surface area contributed by atoms with E-state index >= 15 is 0 Å². The summed E-state index contributed by atoms with van der Waals surface area (Å²) >= 11 is 5.69. The maximum absolute atomic E-state index is 13.7. The average Bonchev–Trinajstić information content (AvgIpc) is 2.22. The molecule has 1 aromatic carbocycles. The van der Waals surface area contributed by atoms with Gasteiger partial charge in [0.25, 0.3) is 0 Å². The number of methoxy groups -OCH3 is 2. The third kappa shape index (κ3) is 3.37. The molecule has 0 saturated carbocycles. The summed E-state index contributed by atoms with van der Waals surface area (Å²) in [6, 6.07) is 1.18. The van der Waals surface area contributed by atoms with Crippen molar-refractivity contribution in [2.45, 2.75) is 5.75 Å². The van der Waals surface area contributed by atoms with Crippen molar-refractivity contribution in [1.29, 1.82) is 0 Å². The van der Waals surface area contributed by atoms with Gasteiger partial charge in [-0.3, -0.25) is 0 Å². The Morgan fingerprint density at radius 3 is 2.35 bits per heavy atom. The van der Waals surface area contributed by atoms with Crippen molar-refractivity contribution in [1.82, 2.24) is 0 Å². The molecule has 0 aliphatic carbocycles. The van der Waals surface area contributed by atoms with Crippen LogP contribution in [-0.4, -0.2) is 22.6 Å². The van der Waals surface area contributed by atoms with Crippen LogP contribution in [-0.2, 0) is 14.8 Å². The van der Waals surface area contributed by atoms with Gasteiger partial charge in [-0.1, -0.05) is 11.6 Å². The summed E-state index contributed by atoms with van der Waals surface area (Å²) in [5.74, 6) is -1.44. The minimum absolute atomic E-state index is 0.00221. The predicted octanol–water partition coefficient (Wildman–Crippen LogP) is 2.56. The Morgan fingerprint density at radius 2 is 1.94 bits per heavy atom. The van der Waals surface area contributed by atoms with Crippen molar-refractivity contribution >= 4 is 31.3 Å². The Bertz CT molecular complexity index is 530. The molecule has 0 aliphatic heterocycles. The first-order valence-electron chi connectivity index (χ1n) is 4.31. The van der Waals surface area contributed by atoms with E-state index in [1.807, 2.05) is 0 Å². The molecule has 0 atom stereocenters. The Labute approximate surface area is 108 Å². The minimum atomic E-state index is -3.88. The maximum Gasteiger partial charge on any atom is 0.236 e. The van der Waals surface area contributed by atoms with Gasteiger partial charge in [0, 0.05) is 16.2 Å². The van der Waals surface area contributed by atoms with Crippen LogP contribution in [0.5, 0.6) is 11.5 Å².